The van der Waals surface area contributed by atoms with Crippen molar-refractivity contribution in [3.05, 3.63) is 34.4 Å². The van der Waals surface area contributed by atoms with E-state index in [0.717, 1.165) is 66.2 Å². The van der Waals surface area contributed by atoms with Crippen LogP contribution in [0, 0.1) is 0 Å². The van der Waals surface area contributed by atoms with Crippen molar-refractivity contribution in [2.75, 3.05) is 40.6 Å². The largest absolute Gasteiger partial charge is 0.394 e. The Hall–Kier alpha value is -1.71. The summed E-state index contributed by atoms with van der Waals surface area (Å²) in [5.74, 6) is 2.05. The first-order valence-electron chi connectivity index (χ1n) is 11.0. The van der Waals surface area contributed by atoms with Gasteiger partial charge in [0.2, 0.25) is 5.95 Å². The number of rotatable bonds is 5. The number of piperazine rings is 1. The number of nitrogens with one attached hydrogen (secondary N) is 1. The molecule has 3 fully saturated rings. The van der Waals surface area contributed by atoms with Gasteiger partial charge in [0.15, 0.2) is 0 Å². The van der Waals surface area contributed by atoms with E-state index in [1.54, 1.807) is 0 Å². The molecule has 4 aliphatic rings. The highest BCUT2D eigenvalue weighted by Gasteiger charge is 2.45. The highest BCUT2D eigenvalue weighted by molar-refractivity contribution is 9.10. The van der Waals surface area contributed by atoms with E-state index in [9.17, 15) is 9.32 Å². The molecule has 0 spiro atoms. The lowest BCUT2D eigenvalue weighted by Gasteiger charge is -2.42. The minimum atomic E-state index is -1.07. The summed E-state index contributed by atoms with van der Waals surface area (Å²) >= 11 is 3.52. The third kappa shape index (κ3) is 3.45. The number of halogens is 1. The van der Waals surface area contributed by atoms with Crippen LogP contribution in [0.4, 0.5) is 17.5 Å². The average molecular weight is 504 g/mol. The summed E-state index contributed by atoms with van der Waals surface area (Å²) in [5.41, 5.74) is 1.87. The van der Waals surface area contributed by atoms with Gasteiger partial charge < -0.3 is 20.2 Å². The van der Waals surface area contributed by atoms with Crippen LogP contribution in [-0.2, 0) is 17.2 Å². The Morgan fingerprint density at radius 3 is 2.52 bits per heavy atom. The Bertz CT molecular complexity index is 1030. The molecule has 1 aromatic heterocycles. The zero-order chi connectivity index (χ0) is 21.2. The minimum Gasteiger partial charge on any atom is -0.394 e. The number of aromatic nitrogens is 2. The Labute approximate surface area is 192 Å². The molecule has 2 N–H and O–H groups in total. The van der Waals surface area contributed by atoms with Gasteiger partial charge in [0.25, 0.3) is 0 Å². The molecule has 9 heteroatoms. The third-order valence-electron chi connectivity index (χ3n) is 7.12. The molecule has 164 valence electrons. The van der Waals surface area contributed by atoms with Crippen molar-refractivity contribution in [3.63, 3.8) is 0 Å². The van der Waals surface area contributed by atoms with E-state index in [4.69, 9.17) is 9.97 Å². The molecule has 0 amide bonds. The summed E-state index contributed by atoms with van der Waals surface area (Å²) in [4.78, 5) is 15.5. The first kappa shape index (κ1) is 19.9. The smallest absolute Gasteiger partial charge is 0.228 e. The van der Waals surface area contributed by atoms with E-state index in [-0.39, 0.29) is 12.1 Å². The van der Waals surface area contributed by atoms with Crippen LogP contribution in [0.15, 0.2) is 33.6 Å². The van der Waals surface area contributed by atoms with Gasteiger partial charge in [-0.3, -0.25) is 4.21 Å². The van der Waals surface area contributed by atoms with Crippen LogP contribution in [0.3, 0.4) is 0 Å². The zero-order valence-corrected chi connectivity index (χ0v) is 19.7. The maximum Gasteiger partial charge on any atom is 0.228 e. The van der Waals surface area contributed by atoms with Crippen LogP contribution < -0.4 is 15.1 Å². The molecule has 1 aromatic carbocycles. The lowest BCUT2D eigenvalue weighted by molar-refractivity contribution is 0.265. The number of fused-ring (bicyclic) bond motifs is 3. The fourth-order valence-corrected chi connectivity index (χ4v) is 6.77. The second kappa shape index (κ2) is 7.42. The van der Waals surface area contributed by atoms with E-state index in [1.807, 2.05) is 0 Å². The molecular formula is C22H26BrN5O2S. The molecule has 31 heavy (non-hydrogen) atoms. The van der Waals surface area contributed by atoms with Gasteiger partial charge in [-0.2, -0.15) is 4.98 Å². The molecular weight excluding hydrogens is 478 g/mol. The van der Waals surface area contributed by atoms with Gasteiger partial charge in [-0.15, -0.1) is 0 Å². The van der Waals surface area contributed by atoms with Crippen LogP contribution in [0.2, 0.25) is 0 Å². The Kier molecular flexibility index (Phi) is 4.77. The molecule has 2 bridgehead atoms. The van der Waals surface area contributed by atoms with Gasteiger partial charge in [0.1, 0.15) is 10.7 Å². The molecule has 3 aliphatic heterocycles. The lowest BCUT2D eigenvalue weighted by Crippen LogP contribution is -2.54. The first-order chi connectivity index (χ1) is 15.0. The SMILES string of the molecule is O=S1CCc2nc(N3[C@@H]4CC[C@H]3CN(c3ccc(Br)cc3)C4)nc(NC3(CO)CC3)c21. The number of aryl methyl sites for hydroxylation is 1. The second-order valence-corrected chi connectivity index (χ2v) is 11.6. The van der Waals surface area contributed by atoms with Gasteiger partial charge in [0.05, 0.1) is 28.6 Å². The minimum absolute atomic E-state index is 0.0743. The highest BCUT2D eigenvalue weighted by atomic mass is 79.9. The van der Waals surface area contributed by atoms with Crippen molar-refractivity contribution >= 4 is 44.2 Å². The van der Waals surface area contributed by atoms with Gasteiger partial charge in [0, 0.05) is 47.5 Å². The van der Waals surface area contributed by atoms with E-state index < -0.39 is 10.8 Å². The van der Waals surface area contributed by atoms with E-state index in [0.29, 0.717) is 23.7 Å². The Morgan fingerprint density at radius 1 is 1.16 bits per heavy atom. The molecule has 7 nitrogen and oxygen atoms in total. The van der Waals surface area contributed by atoms with Crippen molar-refractivity contribution in [1.82, 2.24) is 9.97 Å². The van der Waals surface area contributed by atoms with Gasteiger partial charge in [-0.25, -0.2) is 4.98 Å². The fraction of sp³-hybridized carbons (Fsp3) is 0.545. The number of benzene rings is 1. The van der Waals surface area contributed by atoms with Crippen LogP contribution in [0.25, 0.3) is 0 Å². The zero-order valence-electron chi connectivity index (χ0n) is 17.3. The van der Waals surface area contributed by atoms with Crippen molar-refractivity contribution in [2.24, 2.45) is 0 Å². The fourth-order valence-electron chi connectivity index (χ4n) is 5.20. The van der Waals surface area contributed by atoms with Crippen LogP contribution in [0.1, 0.15) is 31.4 Å². The van der Waals surface area contributed by atoms with Gasteiger partial charge in [-0.1, -0.05) is 15.9 Å². The third-order valence-corrected chi connectivity index (χ3v) is 9.11. The molecule has 0 radical (unpaired) electrons. The summed E-state index contributed by atoms with van der Waals surface area (Å²) in [6.45, 7) is 1.98. The van der Waals surface area contributed by atoms with Crippen LogP contribution in [0.5, 0.6) is 0 Å². The van der Waals surface area contributed by atoms with Crippen molar-refractivity contribution in [1.29, 1.82) is 0 Å². The highest BCUT2D eigenvalue weighted by Crippen LogP contribution is 2.42. The molecule has 1 saturated carbocycles. The summed E-state index contributed by atoms with van der Waals surface area (Å²) in [5, 5.41) is 13.2. The van der Waals surface area contributed by atoms with E-state index in [1.165, 1.54) is 5.69 Å². The van der Waals surface area contributed by atoms with Crippen molar-refractivity contribution < 1.29 is 9.32 Å². The molecule has 2 saturated heterocycles. The Morgan fingerprint density at radius 2 is 1.87 bits per heavy atom. The summed E-state index contributed by atoms with van der Waals surface area (Å²) in [6, 6.07) is 9.28. The number of anilines is 3. The van der Waals surface area contributed by atoms with Crippen LogP contribution >= 0.6 is 15.9 Å². The molecule has 3 atom stereocenters. The molecule has 1 aliphatic carbocycles. The standard InChI is InChI=1S/C22H26BrN5O2S/c23-14-1-3-15(4-2-14)27-11-16-5-6-17(12-27)28(16)21-24-18-7-10-31(30)19(18)20(25-21)26-22(13-29)8-9-22/h1-4,16-17,29H,5-13H2,(H,24,25,26)/t16-,17+,31?. The first-order valence-corrected chi connectivity index (χ1v) is 13.1. The van der Waals surface area contributed by atoms with Gasteiger partial charge in [-0.05, 0) is 49.9 Å². The van der Waals surface area contributed by atoms with Gasteiger partial charge >= 0.3 is 0 Å². The summed E-state index contributed by atoms with van der Waals surface area (Å²) < 4.78 is 13.7. The van der Waals surface area contributed by atoms with Crippen LogP contribution in [-0.4, -0.2) is 62.4 Å². The predicted octanol–water partition coefficient (Wildman–Crippen LogP) is 2.70. The number of nitrogens with zero attached hydrogens (tertiary/aromatic N) is 4. The quantitative estimate of drug-likeness (QED) is 0.648. The predicted molar refractivity (Wildman–Crippen MR) is 125 cm³/mol. The number of aliphatic hydroxyl groups is 1. The number of hydrogen-bond acceptors (Lipinski definition) is 7. The maximum atomic E-state index is 12.6. The Balaban J connectivity index is 1.31. The maximum absolute atomic E-state index is 12.6. The summed E-state index contributed by atoms with van der Waals surface area (Å²) in [7, 11) is -1.07. The van der Waals surface area contributed by atoms with Crippen molar-refractivity contribution in [3.8, 4) is 0 Å². The second-order valence-electron chi connectivity index (χ2n) is 9.18. The molecule has 4 heterocycles. The number of hydrogen-bond donors (Lipinski definition) is 2. The number of aliphatic hydroxyl groups excluding tert-OH is 1. The molecule has 1 unspecified atom stereocenters. The van der Waals surface area contributed by atoms with E-state index >= 15 is 0 Å². The topological polar surface area (TPSA) is 81.6 Å². The molecule has 6 rings (SSSR count). The average Bonchev–Trinajstić information content (AvgIpc) is 3.37. The monoisotopic (exact) mass is 503 g/mol. The summed E-state index contributed by atoms with van der Waals surface area (Å²) in [6.07, 6.45) is 4.83. The normalized spacial score (nSPS) is 28.0. The van der Waals surface area contributed by atoms with E-state index in [2.05, 4.69) is 55.3 Å². The lowest BCUT2D eigenvalue weighted by atomic mass is 10.1. The molecule has 2 aromatic rings. The van der Waals surface area contributed by atoms with Crippen molar-refractivity contribution in [2.45, 2.75) is 54.6 Å².